The molecule has 1 aliphatic heterocycles. The van der Waals surface area contributed by atoms with Crippen molar-refractivity contribution in [3.63, 3.8) is 0 Å². The maximum absolute atomic E-state index is 9.69. The predicted octanol–water partition coefficient (Wildman–Crippen LogP) is 5.39. The summed E-state index contributed by atoms with van der Waals surface area (Å²) in [4.78, 5) is 10.5. The van der Waals surface area contributed by atoms with Crippen LogP contribution < -0.4 is 9.64 Å². The van der Waals surface area contributed by atoms with Gasteiger partial charge in [-0.15, -0.1) is 0 Å². The Morgan fingerprint density at radius 1 is 1.03 bits per heavy atom. The fraction of sp³-hybridized carbons (Fsp3) is 0.286. The molecule has 0 spiro atoms. The van der Waals surface area contributed by atoms with Crippen molar-refractivity contribution in [2.45, 2.75) is 12.8 Å². The van der Waals surface area contributed by atoms with Gasteiger partial charge in [0.2, 0.25) is 0 Å². The van der Waals surface area contributed by atoms with Crippen molar-refractivity contribution < 1.29 is 9.47 Å². The van der Waals surface area contributed by atoms with Gasteiger partial charge in [0.15, 0.2) is 0 Å². The zero-order valence-electron chi connectivity index (χ0n) is 19.0. The van der Waals surface area contributed by atoms with E-state index in [2.05, 4.69) is 51.3 Å². The topological polar surface area (TPSA) is 74.2 Å². The molecular formula is C28H26N4O2. The molecule has 0 amide bonds. The number of nitrogens with zero attached hydrogens (tertiary/aromatic N) is 3. The highest BCUT2D eigenvalue weighted by molar-refractivity contribution is 5.96. The summed E-state index contributed by atoms with van der Waals surface area (Å²) in [7, 11) is 0. The van der Waals surface area contributed by atoms with E-state index in [-0.39, 0.29) is 0 Å². The summed E-state index contributed by atoms with van der Waals surface area (Å²) in [6.45, 7) is 4.10. The third-order valence-electron chi connectivity index (χ3n) is 6.65. The molecule has 2 fully saturated rings. The lowest BCUT2D eigenvalue weighted by Gasteiger charge is -2.28. The zero-order valence-corrected chi connectivity index (χ0v) is 19.0. The second-order valence-corrected chi connectivity index (χ2v) is 9.03. The number of benzene rings is 2. The zero-order chi connectivity index (χ0) is 22.9. The highest BCUT2D eigenvalue weighted by Gasteiger charge is 2.22. The van der Waals surface area contributed by atoms with Gasteiger partial charge in [0, 0.05) is 47.1 Å². The van der Waals surface area contributed by atoms with E-state index in [9.17, 15) is 5.26 Å². The summed E-state index contributed by atoms with van der Waals surface area (Å²) in [5.74, 6) is 1.29. The van der Waals surface area contributed by atoms with Crippen molar-refractivity contribution in [2.24, 2.45) is 5.92 Å². The Kier molecular flexibility index (Phi) is 5.40. The number of hydrogen-bond acceptors (Lipinski definition) is 5. The maximum atomic E-state index is 9.69. The Morgan fingerprint density at radius 3 is 2.59 bits per heavy atom. The molecule has 6 heteroatoms. The fourth-order valence-electron chi connectivity index (χ4n) is 4.50. The van der Waals surface area contributed by atoms with Crippen molar-refractivity contribution >= 4 is 16.6 Å². The number of H-pyrrole nitrogens is 1. The number of pyridine rings is 1. The van der Waals surface area contributed by atoms with Crippen LogP contribution in [0.4, 0.5) is 5.69 Å². The number of nitriles is 1. The van der Waals surface area contributed by atoms with Crippen LogP contribution in [0, 0.1) is 17.2 Å². The summed E-state index contributed by atoms with van der Waals surface area (Å²) in [6, 6.07) is 20.8. The summed E-state index contributed by atoms with van der Waals surface area (Å²) in [6.07, 6.45) is 4.25. The molecule has 0 radical (unpaired) electrons. The number of rotatable bonds is 6. The minimum absolute atomic E-state index is 0.548. The summed E-state index contributed by atoms with van der Waals surface area (Å²) >= 11 is 0. The van der Waals surface area contributed by atoms with Crippen molar-refractivity contribution in [1.82, 2.24) is 9.97 Å². The highest BCUT2D eigenvalue weighted by Crippen LogP contribution is 2.34. The van der Waals surface area contributed by atoms with Crippen LogP contribution >= 0.6 is 0 Å². The molecule has 0 unspecified atom stereocenters. The summed E-state index contributed by atoms with van der Waals surface area (Å²) < 4.78 is 11.3. The van der Waals surface area contributed by atoms with E-state index in [1.807, 2.05) is 30.5 Å². The van der Waals surface area contributed by atoms with Gasteiger partial charge in [0.25, 0.3) is 0 Å². The first kappa shape index (κ1) is 20.8. The number of aromatic nitrogens is 2. The molecule has 2 aromatic carbocycles. The van der Waals surface area contributed by atoms with Gasteiger partial charge in [-0.1, -0.05) is 12.1 Å². The van der Waals surface area contributed by atoms with E-state index in [1.165, 1.54) is 18.5 Å². The van der Waals surface area contributed by atoms with Crippen molar-refractivity contribution in [3.05, 3.63) is 66.4 Å². The molecular weight excluding hydrogens is 424 g/mol. The average Bonchev–Trinajstić information content (AvgIpc) is 3.63. The Morgan fingerprint density at radius 2 is 1.82 bits per heavy atom. The molecule has 1 saturated heterocycles. The number of anilines is 1. The predicted molar refractivity (Wildman–Crippen MR) is 133 cm³/mol. The minimum atomic E-state index is 0.548. The van der Waals surface area contributed by atoms with Crippen LogP contribution in [-0.2, 0) is 4.74 Å². The van der Waals surface area contributed by atoms with Crippen LogP contribution in [0.3, 0.4) is 0 Å². The lowest BCUT2D eigenvalue weighted by molar-refractivity contribution is 0.122. The first-order chi connectivity index (χ1) is 16.8. The Bertz CT molecular complexity index is 1360. The SMILES string of the molecule is N#Cc1cc(-c2nccc3[nH]c(-c4ccc(N5CCOCC5)cc4)cc23)ccc1OCC1CC1. The van der Waals surface area contributed by atoms with Crippen molar-refractivity contribution in [1.29, 1.82) is 5.26 Å². The van der Waals surface area contributed by atoms with Crippen LogP contribution in [0.2, 0.25) is 0 Å². The normalized spacial score (nSPS) is 15.9. The Hall–Kier alpha value is -3.82. The molecule has 1 aliphatic carbocycles. The van der Waals surface area contributed by atoms with E-state index in [4.69, 9.17) is 9.47 Å². The molecule has 34 heavy (non-hydrogen) atoms. The van der Waals surface area contributed by atoms with Crippen LogP contribution in [0.5, 0.6) is 5.75 Å². The molecule has 2 aliphatic rings. The van der Waals surface area contributed by atoms with Gasteiger partial charge in [-0.25, -0.2) is 0 Å². The van der Waals surface area contributed by atoms with Gasteiger partial charge < -0.3 is 19.4 Å². The van der Waals surface area contributed by atoms with Gasteiger partial charge in [-0.05, 0) is 66.8 Å². The number of hydrogen-bond donors (Lipinski definition) is 1. The van der Waals surface area contributed by atoms with E-state index in [0.717, 1.165) is 59.7 Å². The second-order valence-electron chi connectivity index (χ2n) is 9.03. The molecule has 6 nitrogen and oxygen atoms in total. The van der Waals surface area contributed by atoms with Crippen LogP contribution in [0.25, 0.3) is 33.4 Å². The molecule has 1 N–H and O–H groups in total. The molecule has 0 bridgehead atoms. The van der Waals surface area contributed by atoms with Crippen LogP contribution in [-0.4, -0.2) is 42.9 Å². The average molecular weight is 451 g/mol. The lowest BCUT2D eigenvalue weighted by atomic mass is 10.0. The monoisotopic (exact) mass is 450 g/mol. The van der Waals surface area contributed by atoms with E-state index in [1.54, 1.807) is 0 Å². The van der Waals surface area contributed by atoms with Crippen molar-refractivity contribution in [2.75, 3.05) is 37.8 Å². The number of ether oxygens (including phenoxy) is 2. The quantitative estimate of drug-likeness (QED) is 0.426. The maximum Gasteiger partial charge on any atom is 0.137 e. The van der Waals surface area contributed by atoms with Gasteiger partial charge in [-0.2, -0.15) is 5.26 Å². The Balaban J connectivity index is 1.30. The van der Waals surface area contributed by atoms with Gasteiger partial charge in [0.1, 0.15) is 11.8 Å². The lowest BCUT2D eigenvalue weighted by Crippen LogP contribution is -2.36. The van der Waals surface area contributed by atoms with E-state index in [0.29, 0.717) is 23.8 Å². The molecule has 6 rings (SSSR count). The fourth-order valence-corrected chi connectivity index (χ4v) is 4.50. The smallest absolute Gasteiger partial charge is 0.137 e. The van der Waals surface area contributed by atoms with Crippen LogP contribution in [0.1, 0.15) is 18.4 Å². The number of morpholine rings is 1. The molecule has 4 aromatic rings. The summed E-state index contributed by atoms with van der Waals surface area (Å²) in [5, 5.41) is 10.7. The van der Waals surface area contributed by atoms with E-state index >= 15 is 0 Å². The number of aromatic amines is 1. The van der Waals surface area contributed by atoms with Gasteiger partial charge in [0.05, 0.1) is 31.1 Å². The highest BCUT2D eigenvalue weighted by atomic mass is 16.5. The largest absolute Gasteiger partial charge is 0.492 e. The van der Waals surface area contributed by atoms with E-state index < -0.39 is 0 Å². The van der Waals surface area contributed by atoms with Gasteiger partial charge in [-0.3, -0.25) is 4.98 Å². The minimum Gasteiger partial charge on any atom is -0.492 e. The molecule has 1 saturated carbocycles. The molecule has 0 atom stereocenters. The second kappa shape index (κ2) is 8.85. The standard InChI is InChI=1S/C28H26N4O2/c29-17-22-15-21(5-8-27(22)34-18-19-1-2-19)28-24-16-26(31-25(24)9-10-30-28)20-3-6-23(7-4-20)32-11-13-33-14-12-32/h3-10,15-16,19,31H,1-2,11-14,18H2. The molecule has 2 aromatic heterocycles. The first-order valence-electron chi connectivity index (χ1n) is 11.9. The van der Waals surface area contributed by atoms with Crippen molar-refractivity contribution in [3.8, 4) is 34.3 Å². The third kappa shape index (κ3) is 4.11. The van der Waals surface area contributed by atoms with Gasteiger partial charge >= 0.3 is 0 Å². The van der Waals surface area contributed by atoms with Crippen LogP contribution in [0.15, 0.2) is 60.8 Å². The molecule has 3 heterocycles. The summed E-state index contributed by atoms with van der Waals surface area (Å²) in [5.41, 5.74) is 6.72. The number of fused-ring (bicyclic) bond motifs is 1. The third-order valence-corrected chi connectivity index (χ3v) is 6.65. The first-order valence-corrected chi connectivity index (χ1v) is 11.9. The Labute approximate surface area is 198 Å². The number of nitrogens with one attached hydrogen (secondary N) is 1. The molecule has 170 valence electrons.